The molecule has 2 aromatic heterocycles. The van der Waals surface area contributed by atoms with E-state index < -0.39 is 6.04 Å². The van der Waals surface area contributed by atoms with Crippen molar-refractivity contribution in [1.82, 2.24) is 10.5 Å². The summed E-state index contributed by atoms with van der Waals surface area (Å²) < 4.78 is 5.12. The van der Waals surface area contributed by atoms with Gasteiger partial charge in [0.05, 0.1) is 4.88 Å². The largest absolute Gasteiger partial charge is 0.355 e. The normalized spacial score (nSPS) is 11.8. The van der Waals surface area contributed by atoms with Crippen LogP contribution in [-0.2, 0) is 0 Å². The zero-order valence-electron chi connectivity index (χ0n) is 11.6. The molecule has 0 bridgehead atoms. The zero-order chi connectivity index (χ0) is 15.8. The van der Waals surface area contributed by atoms with Crippen molar-refractivity contribution in [3.05, 3.63) is 39.1 Å². The van der Waals surface area contributed by atoms with Gasteiger partial charge in [-0.05, 0) is 24.3 Å². The molecule has 22 heavy (non-hydrogen) atoms. The van der Waals surface area contributed by atoms with Crippen molar-refractivity contribution in [2.24, 2.45) is 10.4 Å². The van der Waals surface area contributed by atoms with Gasteiger partial charge in [0, 0.05) is 12.6 Å². The standard InChI is InChI=1S/C13H14N4O4S/c18-13(14-5-1-3-9(16-20)8-15-19)10-7-11(21-17-10)12-4-2-6-22-12/h2,4,6-7,9H,1,3,5,8H2,(H,14,18)/t9-/m1/s1. The van der Waals surface area contributed by atoms with Crippen LogP contribution in [0.3, 0.4) is 0 Å². The third-order valence-corrected chi connectivity index (χ3v) is 3.83. The predicted molar refractivity (Wildman–Crippen MR) is 81.6 cm³/mol. The molecule has 116 valence electrons. The van der Waals surface area contributed by atoms with Crippen LogP contribution in [0.25, 0.3) is 10.6 Å². The number of amides is 1. The summed E-state index contributed by atoms with van der Waals surface area (Å²) >= 11 is 1.49. The number of carbonyl (C=O) groups is 1. The zero-order valence-corrected chi connectivity index (χ0v) is 12.4. The van der Waals surface area contributed by atoms with E-state index in [1.165, 1.54) is 11.3 Å². The Balaban J connectivity index is 1.78. The van der Waals surface area contributed by atoms with Crippen LogP contribution < -0.4 is 5.32 Å². The van der Waals surface area contributed by atoms with Gasteiger partial charge in [0.2, 0.25) is 0 Å². The lowest BCUT2D eigenvalue weighted by molar-refractivity contribution is 0.0944. The van der Waals surface area contributed by atoms with E-state index in [0.717, 1.165) is 4.88 Å². The minimum atomic E-state index is -0.633. The predicted octanol–water partition coefficient (Wildman–Crippen LogP) is 2.81. The Bertz CT molecular complexity index is 626. The molecule has 2 aromatic rings. The third kappa shape index (κ3) is 4.29. The summed E-state index contributed by atoms with van der Waals surface area (Å²) in [6.45, 7) is 0.218. The molecule has 1 amide bonds. The summed E-state index contributed by atoms with van der Waals surface area (Å²) in [5.74, 6) is 0.193. The van der Waals surface area contributed by atoms with Crippen LogP contribution in [0.5, 0.6) is 0 Å². The third-order valence-electron chi connectivity index (χ3n) is 2.94. The van der Waals surface area contributed by atoms with Crippen molar-refractivity contribution in [3.8, 4) is 10.6 Å². The number of nitroso groups, excluding NO2 is 2. The second kappa shape index (κ2) is 8.13. The highest BCUT2D eigenvalue weighted by Crippen LogP contribution is 2.24. The molecule has 1 N–H and O–H groups in total. The molecule has 0 aliphatic heterocycles. The molecule has 1 atom stereocenters. The fourth-order valence-electron chi connectivity index (χ4n) is 1.81. The molecule has 8 nitrogen and oxygen atoms in total. The molecule has 2 heterocycles. The van der Waals surface area contributed by atoms with E-state index >= 15 is 0 Å². The monoisotopic (exact) mass is 322 g/mol. The molecule has 9 heteroatoms. The van der Waals surface area contributed by atoms with E-state index in [0.29, 0.717) is 25.1 Å². The van der Waals surface area contributed by atoms with Gasteiger partial charge in [0.1, 0.15) is 12.6 Å². The van der Waals surface area contributed by atoms with Gasteiger partial charge in [0.15, 0.2) is 11.5 Å². The van der Waals surface area contributed by atoms with Gasteiger partial charge in [-0.1, -0.05) is 21.6 Å². The second-order valence-corrected chi connectivity index (χ2v) is 5.47. The summed E-state index contributed by atoms with van der Waals surface area (Å²) in [6.07, 6.45) is 0.919. The lowest BCUT2D eigenvalue weighted by atomic mass is 10.1. The van der Waals surface area contributed by atoms with Crippen molar-refractivity contribution in [1.29, 1.82) is 0 Å². The molecule has 0 aromatic carbocycles. The van der Waals surface area contributed by atoms with Crippen LogP contribution in [0.15, 0.2) is 38.5 Å². The van der Waals surface area contributed by atoms with E-state index in [2.05, 4.69) is 20.8 Å². The summed E-state index contributed by atoms with van der Waals surface area (Å²) in [4.78, 5) is 33.2. The van der Waals surface area contributed by atoms with Gasteiger partial charge in [-0.15, -0.1) is 11.3 Å². The van der Waals surface area contributed by atoms with Crippen molar-refractivity contribution in [3.63, 3.8) is 0 Å². The molecule has 0 aliphatic rings. The first-order chi connectivity index (χ1) is 10.7. The van der Waals surface area contributed by atoms with Crippen LogP contribution >= 0.6 is 11.3 Å². The molecular formula is C13H14N4O4S. The topological polar surface area (TPSA) is 114 Å². The molecule has 0 saturated heterocycles. The van der Waals surface area contributed by atoms with Gasteiger partial charge in [-0.2, -0.15) is 9.81 Å². The summed E-state index contributed by atoms with van der Waals surface area (Å²) in [6, 6.07) is 4.70. The van der Waals surface area contributed by atoms with Crippen LogP contribution in [-0.4, -0.2) is 30.2 Å². The fourth-order valence-corrected chi connectivity index (χ4v) is 2.48. The van der Waals surface area contributed by atoms with Crippen molar-refractivity contribution >= 4 is 17.2 Å². The molecule has 0 radical (unpaired) electrons. The number of nitrogens with zero attached hydrogens (tertiary/aromatic N) is 3. The first-order valence-electron chi connectivity index (χ1n) is 6.65. The van der Waals surface area contributed by atoms with Crippen LogP contribution in [0.4, 0.5) is 0 Å². The first-order valence-corrected chi connectivity index (χ1v) is 7.53. The minimum Gasteiger partial charge on any atom is -0.355 e. The molecule has 0 saturated carbocycles. The molecular weight excluding hydrogens is 308 g/mol. The van der Waals surface area contributed by atoms with Crippen molar-refractivity contribution in [2.45, 2.75) is 18.9 Å². The van der Waals surface area contributed by atoms with Gasteiger partial charge in [-0.3, -0.25) is 4.79 Å². The quantitative estimate of drug-likeness (QED) is 0.563. The lowest BCUT2D eigenvalue weighted by Gasteiger charge is -2.05. The number of nitrogens with one attached hydrogen (secondary N) is 1. The number of hydrogen-bond acceptors (Lipinski definition) is 8. The van der Waals surface area contributed by atoms with Gasteiger partial charge >= 0.3 is 0 Å². The molecule has 0 unspecified atom stereocenters. The number of thiophene rings is 1. The number of aromatic nitrogens is 1. The Morgan fingerprint density at radius 1 is 1.45 bits per heavy atom. The average molecular weight is 322 g/mol. The lowest BCUT2D eigenvalue weighted by Crippen LogP contribution is -2.25. The number of carbonyl (C=O) groups excluding carboxylic acids is 1. The second-order valence-electron chi connectivity index (χ2n) is 4.52. The van der Waals surface area contributed by atoms with E-state index in [4.69, 9.17) is 4.52 Å². The van der Waals surface area contributed by atoms with Crippen LogP contribution in [0.2, 0.25) is 0 Å². The maximum absolute atomic E-state index is 11.9. The summed E-state index contributed by atoms with van der Waals surface area (Å²) in [5.41, 5.74) is 0.197. The highest BCUT2D eigenvalue weighted by atomic mass is 32.1. The van der Waals surface area contributed by atoms with E-state index in [-0.39, 0.29) is 18.1 Å². The average Bonchev–Trinajstić information content (AvgIpc) is 3.20. The maximum atomic E-state index is 11.9. The Morgan fingerprint density at radius 2 is 2.32 bits per heavy atom. The maximum Gasteiger partial charge on any atom is 0.273 e. The molecule has 0 spiro atoms. The van der Waals surface area contributed by atoms with Gasteiger partial charge < -0.3 is 9.84 Å². The molecule has 0 fully saturated rings. The minimum absolute atomic E-state index is 0.134. The Labute approximate surface area is 129 Å². The van der Waals surface area contributed by atoms with E-state index in [1.54, 1.807) is 6.07 Å². The van der Waals surface area contributed by atoms with Gasteiger partial charge in [-0.25, -0.2) is 0 Å². The number of hydrogen-bond donors (Lipinski definition) is 1. The summed E-state index contributed by atoms with van der Waals surface area (Å²) in [7, 11) is 0. The number of rotatable bonds is 9. The Kier molecular flexibility index (Phi) is 5.90. The van der Waals surface area contributed by atoms with Gasteiger partial charge in [0.25, 0.3) is 5.91 Å². The highest BCUT2D eigenvalue weighted by molar-refractivity contribution is 7.13. The first kappa shape index (κ1) is 16.0. The smallest absolute Gasteiger partial charge is 0.273 e. The van der Waals surface area contributed by atoms with Crippen LogP contribution in [0.1, 0.15) is 23.3 Å². The van der Waals surface area contributed by atoms with Crippen molar-refractivity contribution < 1.29 is 9.32 Å². The summed E-state index contributed by atoms with van der Waals surface area (Å²) in [5, 5.41) is 13.7. The molecule has 2 rings (SSSR count). The van der Waals surface area contributed by atoms with Crippen molar-refractivity contribution in [2.75, 3.05) is 13.1 Å². The molecule has 0 aliphatic carbocycles. The highest BCUT2D eigenvalue weighted by Gasteiger charge is 2.14. The van der Waals surface area contributed by atoms with E-state index in [9.17, 15) is 14.6 Å². The Hall–Kier alpha value is -2.42. The SMILES string of the molecule is O=NC[C@@H](CCCNC(=O)c1cc(-c2cccs2)on1)N=O. The fraction of sp³-hybridized carbons (Fsp3) is 0.385. The van der Waals surface area contributed by atoms with Crippen LogP contribution in [0, 0.1) is 9.81 Å². The Morgan fingerprint density at radius 3 is 3.00 bits per heavy atom. The van der Waals surface area contributed by atoms with E-state index in [1.807, 2.05) is 17.5 Å².